The summed E-state index contributed by atoms with van der Waals surface area (Å²) in [5.41, 5.74) is 1.21. The summed E-state index contributed by atoms with van der Waals surface area (Å²) >= 11 is 0. The third kappa shape index (κ3) is 5.84. The lowest BCUT2D eigenvalue weighted by Gasteiger charge is -2.27. The average molecular weight is 449 g/mol. The number of hydrogen-bond acceptors (Lipinski definition) is 5. The van der Waals surface area contributed by atoms with E-state index in [9.17, 15) is 14.4 Å². The molecule has 8 nitrogen and oxygen atoms in total. The third-order valence-electron chi connectivity index (χ3n) is 5.76. The van der Waals surface area contributed by atoms with Gasteiger partial charge in [-0.15, -0.1) is 0 Å². The molecule has 2 amide bonds. The Morgan fingerprint density at radius 3 is 2.67 bits per heavy atom. The van der Waals surface area contributed by atoms with Crippen LogP contribution in [0.4, 0.5) is 0 Å². The lowest BCUT2D eigenvalue weighted by atomic mass is 10.0. The number of ether oxygens (including phenoxy) is 1. The summed E-state index contributed by atoms with van der Waals surface area (Å²) in [6, 6.07) is 16.1. The van der Waals surface area contributed by atoms with Crippen molar-refractivity contribution in [2.24, 2.45) is 0 Å². The first-order chi connectivity index (χ1) is 16.0. The van der Waals surface area contributed by atoms with E-state index < -0.39 is 6.04 Å². The molecule has 1 aliphatic heterocycles. The summed E-state index contributed by atoms with van der Waals surface area (Å²) in [7, 11) is 0. The van der Waals surface area contributed by atoms with E-state index in [1.807, 2.05) is 36.4 Å². The zero-order valence-corrected chi connectivity index (χ0v) is 18.6. The Hall–Kier alpha value is -3.52. The number of H-pyrrole nitrogens is 1. The molecule has 2 unspecified atom stereocenters. The van der Waals surface area contributed by atoms with Crippen LogP contribution < -0.4 is 10.9 Å². The summed E-state index contributed by atoms with van der Waals surface area (Å²) in [6.07, 6.45) is 1.86. The van der Waals surface area contributed by atoms with Crippen molar-refractivity contribution in [1.29, 1.82) is 0 Å². The molecule has 2 aromatic carbocycles. The molecule has 0 radical (unpaired) electrons. The van der Waals surface area contributed by atoms with Crippen molar-refractivity contribution in [3.8, 4) is 0 Å². The van der Waals surface area contributed by atoms with Crippen molar-refractivity contribution < 1.29 is 14.3 Å². The number of nitrogens with one attached hydrogen (secondary N) is 2. The van der Waals surface area contributed by atoms with E-state index in [0.29, 0.717) is 29.9 Å². The van der Waals surface area contributed by atoms with Crippen molar-refractivity contribution in [2.45, 2.75) is 44.9 Å². The monoisotopic (exact) mass is 448 g/mol. The number of para-hydroxylation sites is 1. The van der Waals surface area contributed by atoms with Crippen LogP contribution in [0.1, 0.15) is 43.6 Å². The first kappa shape index (κ1) is 22.7. The van der Waals surface area contributed by atoms with Gasteiger partial charge in [0.2, 0.25) is 11.8 Å². The fourth-order valence-electron chi connectivity index (χ4n) is 4.17. The Kier molecular flexibility index (Phi) is 7.14. The Morgan fingerprint density at radius 1 is 1.18 bits per heavy atom. The number of rotatable bonds is 8. The van der Waals surface area contributed by atoms with Crippen molar-refractivity contribution >= 4 is 22.7 Å². The maximum atomic E-state index is 13.4. The van der Waals surface area contributed by atoms with Gasteiger partial charge in [0.15, 0.2) is 0 Å². The van der Waals surface area contributed by atoms with Gasteiger partial charge >= 0.3 is 0 Å². The molecular formula is C25H28N4O4. The quantitative estimate of drug-likeness (QED) is 0.551. The minimum absolute atomic E-state index is 0.0583. The SMILES string of the molecule is CC(=O)NC(CC(=O)N(Cc1nc2ccccc2c(=O)[nH]1)CC1CCCO1)c1ccccc1. The van der Waals surface area contributed by atoms with Gasteiger partial charge in [-0.05, 0) is 30.5 Å². The molecule has 3 aromatic rings. The molecule has 1 fully saturated rings. The van der Waals surface area contributed by atoms with Crippen molar-refractivity contribution in [2.75, 3.05) is 13.2 Å². The van der Waals surface area contributed by atoms with E-state index in [0.717, 1.165) is 18.4 Å². The van der Waals surface area contributed by atoms with E-state index >= 15 is 0 Å². The second-order valence-corrected chi connectivity index (χ2v) is 8.31. The lowest BCUT2D eigenvalue weighted by Crippen LogP contribution is -2.40. The number of nitrogens with zero attached hydrogens (tertiary/aromatic N) is 2. The number of aromatic amines is 1. The maximum absolute atomic E-state index is 13.4. The van der Waals surface area contributed by atoms with Gasteiger partial charge in [-0.3, -0.25) is 14.4 Å². The topological polar surface area (TPSA) is 104 Å². The molecule has 33 heavy (non-hydrogen) atoms. The summed E-state index contributed by atoms with van der Waals surface area (Å²) < 4.78 is 5.76. The van der Waals surface area contributed by atoms with Crippen molar-refractivity contribution in [3.63, 3.8) is 0 Å². The van der Waals surface area contributed by atoms with Gasteiger partial charge < -0.3 is 19.9 Å². The molecule has 4 rings (SSSR count). The fraction of sp³-hybridized carbons (Fsp3) is 0.360. The van der Waals surface area contributed by atoms with Crippen LogP contribution in [-0.4, -0.2) is 45.9 Å². The average Bonchev–Trinajstić information content (AvgIpc) is 3.32. The van der Waals surface area contributed by atoms with Crippen molar-refractivity contribution in [1.82, 2.24) is 20.2 Å². The molecule has 0 aliphatic carbocycles. The molecule has 172 valence electrons. The lowest BCUT2D eigenvalue weighted by molar-refractivity contribution is -0.134. The predicted molar refractivity (Wildman–Crippen MR) is 124 cm³/mol. The zero-order chi connectivity index (χ0) is 23.2. The van der Waals surface area contributed by atoms with Crippen LogP contribution in [0, 0.1) is 0 Å². The Morgan fingerprint density at radius 2 is 1.94 bits per heavy atom. The summed E-state index contributed by atoms with van der Waals surface area (Å²) in [5, 5.41) is 3.39. The van der Waals surface area contributed by atoms with Crippen LogP contribution in [0.5, 0.6) is 0 Å². The van der Waals surface area contributed by atoms with Gasteiger partial charge in [0.25, 0.3) is 5.56 Å². The van der Waals surface area contributed by atoms with Gasteiger partial charge in [0.05, 0.1) is 36.0 Å². The smallest absolute Gasteiger partial charge is 0.258 e. The van der Waals surface area contributed by atoms with E-state index in [1.165, 1.54) is 6.92 Å². The summed E-state index contributed by atoms with van der Waals surface area (Å²) in [4.78, 5) is 46.8. The Balaban J connectivity index is 1.58. The standard InChI is InChI=1S/C25H28N4O4/c1-17(30)26-22(18-8-3-2-4-9-18)14-24(31)29(15-19-10-7-13-33-19)16-23-27-21-12-6-5-11-20(21)25(32)28-23/h2-6,8-9,11-12,19,22H,7,10,13-16H2,1H3,(H,26,30)(H,27,28,32). The minimum Gasteiger partial charge on any atom is -0.376 e. The van der Waals surface area contributed by atoms with Gasteiger partial charge in [0, 0.05) is 20.1 Å². The highest BCUT2D eigenvalue weighted by molar-refractivity contribution is 5.80. The zero-order valence-electron chi connectivity index (χ0n) is 18.6. The molecule has 0 spiro atoms. The van der Waals surface area contributed by atoms with E-state index in [4.69, 9.17) is 4.74 Å². The molecule has 2 N–H and O–H groups in total. The molecule has 1 aromatic heterocycles. The third-order valence-corrected chi connectivity index (χ3v) is 5.76. The second kappa shape index (κ2) is 10.4. The number of hydrogen-bond donors (Lipinski definition) is 2. The fourth-order valence-corrected chi connectivity index (χ4v) is 4.17. The molecule has 2 atom stereocenters. The first-order valence-corrected chi connectivity index (χ1v) is 11.2. The van der Waals surface area contributed by atoms with E-state index in [1.54, 1.807) is 23.1 Å². The second-order valence-electron chi connectivity index (χ2n) is 8.31. The number of benzene rings is 2. The van der Waals surface area contributed by atoms with Crippen LogP contribution >= 0.6 is 0 Å². The molecule has 8 heteroatoms. The molecule has 0 saturated carbocycles. The highest BCUT2D eigenvalue weighted by Crippen LogP contribution is 2.21. The van der Waals surface area contributed by atoms with Crippen LogP contribution in [0.15, 0.2) is 59.4 Å². The number of carbonyl (C=O) groups excluding carboxylic acids is 2. The first-order valence-electron chi connectivity index (χ1n) is 11.2. The predicted octanol–water partition coefficient (Wildman–Crippen LogP) is 2.70. The number of amides is 2. The van der Waals surface area contributed by atoms with Crippen LogP contribution in [0.3, 0.4) is 0 Å². The number of fused-ring (bicyclic) bond motifs is 1. The van der Waals surface area contributed by atoms with Gasteiger partial charge in [-0.25, -0.2) is 4.98 Å². The van der Waals surface area contributed by atoms with Gasteiger partial charge in [0.1, 0.15) is 5.82 Å². The van der Waals surface area contributed by atoms with Crippen LogP contribution in [0.2, 0.25) is 0 Å². The largest absolute Gasteiger partial charge is 0.376 e. The number of aromatic nitrogens is 2. The highest BCUT2D eigenvalue weighted by atomic mass is 16.5. The molecule has 1 aliphatic rings. The number of carbonyl (C=O) groups is 2. The summed E-state index contributed by atoms with van der Waals surface area (Å²) in [6.45, 7) is 2.67. The maximum Gasteiger partial charge on any atom is 0.258 e. The molecule has 1 saturated heterocycles. The van der Waals surface area contributed by atoms with Crippen LogP contribution in [-0.2, 0) is 20.9 Å². The van der Waals surface area contributed by atoms with Crippen LogP contribution in [0.25, 0.3) is 10.9 Å². The van der Waals surface area contributed by atoms with E-state index in [-0.39, 0.29) is 36.4 Å². The van der Waals surface area contributed by atoms with E-state index in [2.05, 4.69) is 15.3 Å². The van der Waals surface area contributed by atoms with Gasteiger partial charge in [-0.1, -0.05) is 42.5 Å². The molecule has 2 heterocycles. The highest BCUT2D eigenvalue weighted by Gasteiger charge is 2.26. The molecular weight excluding hydrogens is 420 g/mol. The molecule has 0 bridgehead atoms. The van der Waals surface area contributed by atoms with Gasteiger partial charge in [-0.2, -0.15) is 0 Å². The van der Waals surface area contributed by atoms with Crippen molar-refractivity contribution in [3.05, 3.63) is 76.3 Å². The summed E-state index contributed by atoms with van der Waals surface area (Å²) in [5.74, 6) is 0.0626. The normalized spacial score (nSPS) is 16.5. The Labute approximate surface area is 192 Å². The Bertz CT molecular complexity index is 1170. The minimum atomic E-state index is -0.452.